The van der Waals surface area contributed by atoms with E-state index in [-0.39, 0.29) is 11.5 Å². The number of nitrogens with two attached hydrogens (primary N) is 2. The van der Waals surface area contributed by atoms with Crippen LogP contribution in [0.5, 0.6) is 0 Å². The Morgan fingerprint density at radius 1 is 1.32 bits per heavy atom. The standard InChI is InChI=1S/C29H41N7S2/c1-10-11-12-13-32-14-22-15-38-29(31)26(21(7)36(29)25(22)18(2)3)34-20(6)24(23-16-37-27(30)35-23)33-17-28(8,9)19(4)5/h10-13,16,26,32,34H,2,4,6-7,14-15,17,31H2,1,3,5,8-9H3,(H2,30,35)/b11-10-,13-12-,33-24?/t26-,29?/m1/s1. The van der Waals surface area contributed by atoms with E-state index in [1.807, 2.05) is 50.6 Å². The highest BCUT2D eigenvalue weighted by Gasteiger charge is 2.58. The number of hydrogen-bond donors (Lipinski definition) is 4. The van der Waals surface area contributed by atoms with Crippen LogP contribution in [0.3, 0.4) is 0 Å². The molecule has 1 aromatic rings. The van der Waals surface area contributed by atoms with Crippen molar-refractivity contribution in [3.63, 3.8) is 0 Å². The van der Waals surface area contributed by atoms with Crippen molar-refractivity contribution in [1.29, 1.82) is 0 Å². The fourth-order valence-corrected chi connectivity index (χ4v) is 6.05. The maximum absolute atomic E-state index is 7.02. The van der Waals surface area contributed by atoms with Crippen molar-refractivity contribution in [3.8, 4) is 0 Å². The first-order valence-corrected chi connectivity index (χ1v) is 14.4. The predicted octanol–water partition coefficient (Wildman–Crippen LogP) is 5.29. The molecule has 1 unspecified atom stereocenters. The molecule has 204 valence electrons. The van der Waals surface area contributed by atoms with Crippen LogP contribution >= 0.6 is 23.1 Å². The first-order chi connectivity index (χ1) is 17.8. The van der Waals surface area contributed by atoms with Crippen molar-refractivity contribution in [1.82, 2.24) is 20.5 Å². The molecule has 1 saturated heterocycles. The molecule has 1 fully saturated rings. The van der Waals surface area contributed by atoms with Crippen LogP contribution < -0.4 is 22.1 Å². The molecule has 3 heterocycles. The van der Waals surface area contributed by atoms with Gasteiger partial charge in [-0.25, -0.2) is 4.98 Å². The summed E-state index contributed by atoms with van der Waals surface area (Å²) < 4.78 is 0. The van der Waals surface area contributed by atoms with Crippen LogP contribution in [0, 0.1) is 5.41 Å². The molecule has 0 radical (unpaired) electrons. The number of thiazole rings is 1. The number of nitrogens with one attached hydrogen (secondary N) is 2. The third-order valence-electron chi connectivity index (χ3n) is 6.81. The average molecular weight is 552 g/mol. The fraction of sp³-hybridized carbons (Fsp3) is 0.379. The highest BCUT2D eigenvalue weighted by Crippen LogP contribution is 2.52. The monoisotopic (exact) mass is 551 g/mol. The van der Waals surface area contributed by atoms with Crippen LogP contribution in [0.1, 0.15) is 40.3 Å². The van der Waals surface area contributed by atoms with Gasteiger partial charge in [-0.3, -0.25) is 10.7 Å². The number of anilines is 1. The molecule has 0 saturated carbocycles. The highest BCUT2D eigenvalue weighted by molar-refractivity contribution is 8.00. The third kappa shape index (κ3) is 6.00. The summed E-state index contributed by atoms with van der Waals surface area (Å²) in [5, 5.41) is 9.27. The Labute approximate surface area is 235 Å². The molecular formula is C29H41N7S2. The van der Waals surface area contributed by atoms with Gasteiger partial charge in [-0.1, -0.05) is 57.9 Å². The Kier molecular flexibility index (Phi) is 9.17. The summed E-state index contributed by atoms with van der Waals surface area (Å²) in [6, 6.07) is -0.242. The number of thioether (sulfide) groups is 1. The lowest BCUT2D eigenvalue weighted by Gasteiger charge is -2.61. The first-order valence-electron chi connectivity index (χ1n) is 12.5. The van der Waals surface area contributed by atoms with Crippen molar-refractivity contribution >= 4 is 33.9 Å². The Morgan fingerprint density at radius 2 is 2.03 bits per heavy atom. The lowest BCUT2D eigenvalue weighted by Crippen LogP contribution is -2.76. The molecular weight excluding hydrogens is 511 g/mol. The molecule has 0 aromatic carbocycles. The van der Waals surface area contributed by atoms with E-state index < -0.39 is 4.99 Å². The molecule has 0 spiro atoms. The number of allylic oxidation sites excluding steroid dienone is 5. The number of hydrogen-bond acceptors (Lipinski definition) is 9. The number of nitrogen functional groups attached to an aromatic ring is 1. The fourth-order valence-electron chi connectivity index (χ4n) is 4.16. The van der Waals surface area contributed by atoms with E-state index in [2.05, 4.69) is 60.7 Å². The number of fused-ring (bicyclic) bond motifs is 1. The number of aliphatic imine (C=N–C) groups is 1. The summed E-state index contributed by atoms with van der Waals surface area (Å²) in [7, 11) is 0. The molecule has 0 bridgehead atoms. The summed E-state index contributed by atoms with van der Waals surface area (Å²) in [4.78, 5) is 10.8. The van der Waals surface area contributed by atoms with E-state index in [0.29, 0.717) is 35.3 Å². The van der Waals surface area contributed by atoms with Gasteiger partial charge in [0, 0.05) is 41.0 Å². The van der Waals surface area contributed by atoms with E-state index in [0.717, 1.165) is 28.3 Å². The van der Waals surface area contributed by atoms with Gasteiger partial charge in [0.15, 0.2) is 10.1 Å². The summed E-state index contributed by atoms with van der Waals surface area (Å²) in [6.45, 7) is 28.6. The van der Waals surface area contributed by atoms with Crippen LogP contribution in [0.4, 0.5) is 5.13 Å². The van der Waals surface area contributed by atoms with Crippen LogP contribution in [0.15, 0.2) is 94.9 Å². The van der Waals surface area contributed by atoms with Crippen molar-refractivity contribution < 1.29 is 0 Å². The van der Waals surface area contributed by atoms with E-state index in [1.54, 1.807) is 11.8 Å². The van der Waals surface area contributed by atoms with Gasteiger partial charge in [-0.05, 0) is 44.2 Å². The Balaban J connectivity index is 1.84. The van der Waals surface area contributed by atoms with Crippen molar-refractivity contribution in [2.75, 3.05) is 24.6 Å². The second-order valence-electron chi connectivity index (χ2n) is 10.3. The van der Waals surface area contributed by atoms with Gasteiger partial charge in [0.2, 0.25) is 0 Å². The summed E-state index contributed by atoms with van der Waals surface area (Å²) in [5.41, 5.74) is 19.9. The molecule has 2 aliphatic heterocycles. The van der Waals surface area contributed by atoms with Crippen LogP contribution in [-0.2, 0) is 0 Å². The maximum atomic E-state index is 7.02. The highest BCUT2D eigenvalue weighted by atomic mass is 32.2. The van der Waals surface area contributed by atoms with Crippen molar-refractivity contribution in [3.05, 3.63) is 95.6 Å². The first kappa shape index (κ1) is 29.5. The third-order valence-corrected chi connectivity index (χ3v) is 8.86. The lowest BCUT2D eigenvalue weighted by atomic mass is 9.86. The van der Waals surface area contributed by atoms with Gasteiger partial charge < -0.3 is 21.3 Å². The number of nitrogens with zero attached hydrogens (tertiary/aromatic N) is 3. The smallest absolute Gasteiger partial charge is 0.180 e. The van der Waals surface area contributed by atoms with Gasteiger partial charge in [-0.15, -0.1) is 23.1 Å². The molecule has 1 aromatic heterocycles. The molecule has 3 rings (SSSR count). The molecule has 0 aliphatic carbocycles. The van der Waals surface area contributed by atoms with Gasteiger partial charge in [-0.2, -0.15) is 0 Å². The zero-order valence-corrected chi connectivity index (χ0v) is 24.9. The van der Waals surface area contributed by atoms with Crippen LogP contribution in [0.2, 0.25) is 0 Å². The summed E-state index contributed by atoms with van der Waals surface area (Å²) in [5.74, 6) is 0.772. The predicted molar refractivity (Wildman–Crippen MR) is 167 cm³/mol. The van der Waals surface area contributed by atoms with Crippen LogP contribution in [-0.4, -0.2) is 45.5 Å². The second kappa shape index (κ2) is 11.8. The zero-order valence-electron chi connectivity index (χ0n) is 23.2. The SMILES string of the molecule is C=C(C)C1=C(CN/C=C\C=C/C)CSC2(N)[C@H](NC(=C)C(=NCC(C)(C)C(=C)C)c3csc(N)n3)C(=C)N12. The summed E-state index contributed by atoms with van der Waals surface area (Å²) >= 11 is 3.05. The van der Waals surface area contributed by atoms with Gasteiger partial charge >= 0.3 is 0 Å². The van der Waals surface area contributed by atoms with Crippen molar-refractivity contribution in [2.45, 2.75) is 45.7 Å². The van der Waals surface area contributed by atoms with Gasteiger partial charge in [0.1, 0.15) is 17.4 Å². The Morgan fingerprint density at radius 3 is 2.61 bits per heavy atom. The number of aromatic nitrogens is 1. The molecule has 6 N–H and O–H groups in total. The van der Waals surface area contributed by atoms with Crippen LogP contribution in [0.25, 0.3) is 0 Å². The molecule has 7 nitrogen and oxygen atoms in total. The normalized spacial score (nSPS) is 22.1. The Bertz CT molecular complexity index is 1250. The Hall–Kier alpha value is -3.01. The van der Waals surface area contributed by atoms with E-state index in [1.165, 1.54) is 16.9 Å². The topological polar surface area (TPSA) is 105 Å². The average Bonchev–Trinajstić information content (AvgIpc) is 3.28. The zero-order chi connectivity index (χ0) is 28.3. The molecule has 2 atom stereocenters. The van der Waals surface area contributed by atoms with E-state index in [9.17, 15) is 0 Å². The number of rotatable bonds is 12. The second-order valence-corrected chi connectivity index (χ2v) is 12.4. The van der Waals surface area contributed by atoms with Gasteiger partial charge in [0.25, 0.3) is 0 Å². The maximum Gasteiger partial charge on any atom is 0.180 e. The minimum atomic E-state index is -0.734. The summed E-state index contributed by atoms with van der Waals surface area (Å²) in [6.07, 6.45) is 7.89. The van der Waals surface area contributed by atoms with E-state index >= 15 is 0 Å². The molecule has 0 amide bonds. The quantitative estimate of drug-likeness (QED) is 0.159. The molecule has 2 aliphatic rings. The molecule has 9 heteroatoms. The molecule has 38 heavy (non-hydrogen) atoms. The largest absolute Gasteiger partial charge is 0.387 e. The van der Waals surface area contributed by atoms with E-state index in [4.69, 9.17) is 16.5 Å². The lowest BCUT2D eigenvalue weighted by molar-refractivity contribution is 0.127. The van der Waals surface area contributed by atoms with Crippen molar-refractivity contribution in [2.24, 2.45) is 16.1 Å². The van der Waals surface area contributed by atoms with Gasteiger partial charge in [0.05, 0.1) is 5.70 Å². The minimum Gasteiger partial charge on any atom is -0.387 e. The minimum absolute atomic E-state index is 0.175.